The highest BCUT2D eigenvalue weighted by Gasteiger charge is 2.33. The average Bonchev–Trinajstić information content (AvgIpc) is 3.20. The molecule has 0 bridgehead atoms. The average molecular weight is 892 g/mol. The SMILES string of the molecule is CC(C)CC(NC(=O)C(CC(=O)O)NC(=O)C(Cc1ccccc1)NC(=O)CN)C(=O)NC(CC(N)=O)C(=O)NCC(=O)NCC(=O)NCC(=O)NC(C(=O)NCC(=O)O)C(C)C. The number of hydrogen-bond donors (Lipinski definition) is 13. The Labute approximate surface area is 361 Å². The van der Waals surface area contributed by atoms with Crippen LogP contribution < -0.4 is 59.3 Å². The van der Waals surface area contributed by atoms with Gasteiger partial charge in [0.05, 0.1) is 39.0 Å². The summed E-state index contributed by atoms with van der Waals surface area (Å²) in [6, 6.07) is 1.11. The van der Waals surface area contributed by atoms with E-state index in [4.69, 9.17) is 16.6 Å². The van der Waals surface area contributed by atoms with E-state index >= 15 is 0 Å². The molecule has 348 valence electrons. The van der Waals surface area contributed by atoms with Crippen LogP contribution in [0.3, 0.4) is 0 Å². The van der Waals surface area contributed by atoms with Crippen LogP contribution in [0.5, 0.6) is 0 Å². The van der Waals surface area contributed by atoms with Crippen LogP contribution in [0.2, 0.25) is 0 Å². The highest BCUT2D eigenvalue weighted by atomic mass is 16.4. The molecule has 5 unspecified atom stereocenters. The van der Waals surface area contributed by atoms with Crippen LogP contribution in [0.4, 0.5) is 0 Å². The van der Waals surface area contributed by atoms with E-state index in [1.165, 1.54) is 0 Å². The Morgan fingerprint density at radius 2 is 1.02 bits per heavy atom. The van der Waals surface area contributed by atoms with Gasteiger partial charge in [-0.3, -0.25) is 57.5 Å². The zero-order chi connectivity index (χ0) is 47.8. The quantitative estimate of drug-likeness (QED) is 0.0373. The number of benzene rings is 1. The molecule has 25 heteroatoms. The lowest BCUT2D eigenvalue weighted by Crippen LogP contribution is -2.59. The summed E-state index contributed by atoms with van der Waals surface area (Å²) in [5, 5.41) is 38.7. The molecule has 0 saturated heterocycles. The molecular weight excluding hydrogens is 834 g/mol. The van der Waals surface area contributed by atoms with Gasteiger partial charge in [0.2, 0.25) is 59.1 Å². The molecule has 0 saturated carbocycles. The topological polar surface area (TPSA) is 406 Å². The zero-order valence-corrected chi connectivity index (χ0v) is 35.2. The molecule has 0 aliphatic carbocycles. The van der Waals surface area contributed by atoms with Gasteiger partial charge in [-0.1, -0.05) is 58.0 Å². The van der Waals surface area contributed by atoms with E-state index in [2.05, 4.69) is 47.9 Å². The van der Waals surface area contributed by atoms with Gasteiger partial charge < -0.3 is 69.5 Å². The fraction of sp³-hybridized carbons (Fsp3) is 0.526. The second kappa shape index (κ2) is 27.6. The number of nitrogens with two attached hydrogens (primary N) is 2. The van der Waals surface area contributed by atoms with Crippen LogP contribution in [-0.4, -0.2) is 144 Å². The molecule has 0 radical (unpaired) electrons. The lowest BCUT2D eigenvalue weighted by Gasteiger charge is -2.26. The van der Waals surface area contributed by atoms with Gasteiger partial charge in [-0.25, -0.2) is 0 Å². The maximum atomic E-state index is 13.5. The van der Waals surface area contributed by atoms with Crippen molar-refractivity contribution in [3.63, 3.8) is 0 Å². The van der Waals surface area contributed by atoms with Crippen LogP contribution >= 0.6 is 0 Å². The third kappa shape index (κ3) is 22.3. The second-order valence-corrected chi connectivity index (χ2v) is 14.8. The molecule has 1 rings (SSSR count). The highest BCUT2D eigenvalue weighted by Crippen LogP contribution is 2.09. The molecule has 5 atom stereocenters. The van der Waals surface area contributed by atoms with Gasteiger partial charge in [-0.15, -0.1) is 0 Å². The number of aliphatic carboxylic acids is 2. The smallest absolute Gasteiger partial charge is 0.322 e. The normalized spacial score (nSPS) is 13.1. The minimum Gasteiger partial charge on any atom is -0.481 e. The van der Waals surface area contributed by atoms with Crippen molar-refractivity contribution in [2.45, 2.75) is 83.6 Å². The monoisotopic (exact) mass is 891 g/mol. The van der Waals surface area contributed by atoms with Crippen molar-refractivity contribution in [3.8, 4) is 0 Å². The Morgan fingerprint density at radius 3 is 1.52 bits per heavy atom. The Morgan fingerprint density at radius 1 is 0.524 bits per heavy atom. The number of hydrogen-bond acceptors (Lipinski definition) is 13. The van der Waals surface area contributed by atoms with Crippen molar-refractivity contribution in [1.29, 1.82) is 0 Å². The number of primary amides is 1. The number of carbonyl (C=O) groups excluding carboxylic acids is 10. The molecule has 0 spiro atoms. The van der Waals surface area contributed by atoms with Gasteiger partial charge in [-0.2, -0.15) is 0 Å². The summed E-state index contributed by atoms with van der Waals surface area (Å²) < 4.78 is 0. The molecule has 63 heavy (non-hydrogen) atoms. The van der Waals surface area contributed by atoms with Crippen molar-refractivity contribution < 1.29 is 67.7 Å². The molecular formula is C38H57N11O14. The number of amides is 10. The highest BCUT2D eigenvalue weighted by molar-refractivity contribution is 5.98. The standard InChI is InChI=1S/C38H57N11O14/c1-19(2)10-22(46-37(62)25(13-31(55)56)48-36(61)23(45-27(51)14-39)11-21-8-6-5-7-9-21)35(60)47-24(12-26(40)50)34(59)43-16-29(53)41-15-28(52)42-17-30(54)49-33(20(3)4)38(63)44-18-32(57)58/h5-9,19-20,22-25,33H,10-18,39H2,1-4H3,(H2,40,50)(H,41,53)(H,42,52)(H,43,59)(H,44,63)(H,45,51)(H,46,62)(H,47,60)(H,48,61)(H,49,54)(H,55,56)(H,57,58). The minimum absolute atomic E-state index is 0.0538. The van der Waals surface area contributed by atoms with Gasteiger partial charge in [0, 0.05) is 6.42 Å². The van der Waals surface area contributed by atoms with Crippen molar-refractivity contribution in [1.82, 2.24) is 47.9 Å². The van der Waals surface area contributed by atoms with E-state index in [-0.39, 0.29) is 18.8 Å². The van der Waals surface area contributed by atoms with Crippen molar-refractivity contribution >= 4 is 71.0 Å². The number of carboxylic acid groups (broad SMARTS) is 2. The van der Waals surface area contributed by atoms with Gasteiger partial charge in [0.15, 0.2) is 0 Å². The molecule has 1 aromatic rings. The third-order valence-electron chi connectivity index (χ3n) is 8.50. The Hall–Kier alpha value is -7.18. The largest absolute Gasteiger partial charge is 0.481 e. The van der Waals surface area contributed by atoms with E-state index in [1.807, 2.05) is 0 Å². The third-order valence-corrected chi connectivity index (χ3v) is 8.50. The van der Waals surface area contributed by atoms with Crippen molar-refractivity contribution in [3.05, 3.63) is 35.9 Å². The number of nitrogens with one attached hydrogen (secondary N) is 9. The molecule has 25 nitrogen and oxygen atoms in total. The van der Waals surface area contributed by atoms with Crippen LogP contribution in [0.25, 0.3) is 0 Å². The summed E-state index contributed by atoms with van der Waals surface area (Å²) in [5.74, 6) is -12.8. The molecule has 0 aliphatic heterocycles. The van der Waals surface area contributed by atoms with Crippen LogP contribution in [0.15, 0.2) is 30.3 Å². The van der Waals surface area contributed by atoms with Gasteiger partial charge >= 0.3 is 11.9 Å². The number of carboxylic acids is 2. The number of rotatable bonds is 28. The maximum absolute atomic E-state index is 13.5. The summed E-state index contributed by atoms with van der Waals surface area (Å²) in [4.78, 5) is 149. The van der Waals surface area contributed by atoms with E-state index < -0.39 is 153 Å². The van der Waals surface area contributed by atoms with Crippen LogP contribution in [0.1, 0.15) is 52.5 Å². The molecule has 1 aromatic carbocycles. The molecule has 0 fully saturated rings. The Bertz CT molecular complexity index is 1830. The van der Waals surface area contributed by atoms with E-state index in [0.717, 1.165) is 0 Å². The lowest BCUT2D eigenvalue weighted by molar-refractivity contribution is -0.141. The fourth-order valence-corrected chi connectivity index (χ4v) is 5.43. The van der Waals surface area contributed by atoms with E-state index in [9.17, 15) is 62.6 Å². The second-order valence-electron chi connectivity index (χ2n) is 14.8. The first kappa shape index (κ1) is 53.8. The summed E-state index contributed by atoms with van der Waals surface area (Å²) in [7, 11) is 0. The van der Waals surface area contributed by atoms with Gasteiger partial charge in [0.25, 0.3) is 0 Å². The van der Waals surface area contributed by atoms with E-state index in [1.54, 1.807) is 58.0 Å². The summed E-state index contributed by atoms with van der Waals surface area (Å²) in [6.45, 7) is 3.32. The molecule has 0 aromatic heterocycles. The predicted molar refractivity (Wildman–Crippen MR) is 219 cm³/mol. The minimum atomic E-state index is -1.77. The molecule has 10 amide bonds. The maximum Gasteiger partial charge on any atom is 0.322 e. The zero-order valence-electron chi connectivity index (χ0n) is 35.2. The number of carbonyl (C=O) groups is 12. The van der Waals surface area contributed by atoms with Crippen LogP contribution in [0, 0.1) is 11.8 Å². The Balaban J connectivity index is 2.95. The van der Waals surface area contributed by atoms with E-state index in [0.29, 0.717) is 5.56 Å². The lowest BCUT2D eigenvalue weighted by atomic mass is 10.0. The van der Waals surface area contributed by atoms with Crippen LogP contribution in [-0.2, 0) is 64.0 Å². The van der Waals surface area contributed by atoms with Gasteiger partial charge in [0.1, 0.15) is 36.8 Å². The summed E-state index contributed by atoms with van der Waals surface area (Å²) in [5.41, 5.74) is 11.3. The molecule has 0 heterocycles. The fourth-order valence-electron chi connectivity index (χ4n) is 5.43. The summed E-state index contributed by atoms with van der Waals surface area (Å²) in [6.07, 6.45) is -1.87. The first-order valence-corrected chi connectivity index (χ1v) is 19.6. The van der Waals surface area contributed by atoms with Gasteiger partial charge in [-0.05, 0) is 23.8 Å². The Kier molecular flexibility index (Phi) is 23.6. The van der Waals surface area contributed by atoms with Crippen molar-refractivity contribution in [2.24, 2.45) is 23.3 Å². The first-order valence-electron chi connectivity index (χ1n) is 19.6. The predicted octanol–water partition coefficient (Wildman–Crippen LogP) is -5.79. The van der Waals surface area contributed by atoms with Crippen molar-refractivity contribution in [2.75, 3.05) is 32.7 Å². The summed E-state index contributed by atoms with van der Waals surface area (Å²) >= 11 is 0. The molecule has 0 aliphatic rings. The first-order chi connectivity index (χ1) is 29.5. The molecule has 15 N–H and O–H groups in total.